The van der Waals surface area contributed by atoms with Gasteiger partial charge in [-0.15, -0.1) is 0 Å². The number of nitrogens with one attached hydrogen (secondary N) is 1. The van der Waals surface area contributed by atoms with Crippen molar-refractivity contribution in [1.29, 1.82) is 0 Å². The van der Waals surface area contributed by atoms with E-state index in [1.54, 1.807) is 7.41 Å². The van der Waals surface area contributed by atoms with Crippen molar-refractivity contribution in [3.63, 3.8) is 0 Å². The summed E-state index contributed by atoms with van der Waals surface area (Å²) in [7, 11) is 1.56. The van der Waals surface area contributed by atoms with E-state index in [4.69, 9.17) is 4.74 Å². The number of ether oxygens (including phenoxy) is 1. The van der Waals surface area contributed by atoms with Gasteiger partial charge >= 0.3 is 7.41 Å². The summed E-state index contributed by atoms with van der Waals surface area (Å²) in [5.74, 6) is -0.240. The molecule has 4 nitrogen and oxygen atoms in total. The van der Waals surface area contributed by atoms with E-state index in [2.05, 4.69) is 12.2 Å². The largest absolute Gasteiger partial charge is 0.473 e. The average molecular weight is 183 g/mol. The van der Waals surface area contributed by atoms with Crippen LogP contribution in [0.3, 0.4) is 0 Å². The van der Waals surface area contributed by atoms with Gasteiger partial charge in [-0.2, -0.15) is 0 Å². The Kier molecular flexibility index (Phi) is 4.25. The topological polar surface area (TPSA) is 41.6 Å². The van der Waals surface area contributed by atoms with Gasteiger partial charge in [0.05, 0.1) is 6.61 Å². The Balaban J connectivity index is 2.29. The van der Waals surface area contributed by atoms with Gasteiger partial charge in [0.2, 0.25) is 0 Å². The highest BCUT2D eigenvalue weighted by Gasteiger charge is 2.22. The van der Waals surface area contributed by atoms with Gasteiger partial charge in [0.25, 0.3) is 5.87 Å². The van der Waals surface area contributed by atoms with Crippen molar-refractivity contribution < 1.29 is 9.53 Å². The minimum atomic E-state index is -0.240. The van der Waals surface area contributed by atoms with Crippen LogP contribution < -0.4 is 5.32 Å². The fourth-order valence-corrected chi connectivity index (χ4v) is 1.36. The van der Waals surface area contributed by atoms with Gasteiger partial charge in [0.15, 0.2) is 0 Å². The molecule has 73 valence electrons. The van der Waals surface area contributed by atoms with Crippen molar-refractivity contribution in [1.82, 2.24) is 10.1 Å². The van der Waals surface area contributed by atoms with Gasteiger partial charge in [-0.3, -0.25) is 4.79 Å². The van der Waals surface area contributed by atoms with Crippen molar-refractivity contribution in [2.45, 2.75) is 19.9 Å². The fourth-order valence-electron chi connectivity index (χ4n) is 1.36. The van der Waals surface area contributed by atoms with Crippen LogP contribution in [-0.4, -0.2) is 50.4 Å². The maximum absolute atomic E-state index is 11.1. The molecule has 1 aliphatic heterocycles. The summed E-state index contributed by atoms with van der Waals surface area (Å²) in [5, 5.41) is 3.26. The number of carbonyl (C=O) groups is 1. The van der Waals surface area contributed by atoms with E-state index < -0.39 is 0 Å². The smallest absolute Gasteiger partial charge is 0.357 e. The fraction of sp³-hybridized carbons (Fsp3) is 0.875. The molecule has 1 heterocycles. The first-order chi connectivity index (χ1) is 6.24. The van der Waals surface area contributed by atoms with Gasteiger partial charge in [0, 0.05) is 25.7 Å². The maximum Gasteiger partial charge on any atom is 0.357 e. The van der Waals surface area contributed by atoms with Gasteiger partial charge < -0.3 is 14.9 Å². The molecule has 1 rings (SSSR count). The molecule has 0 bridgehead atoms. The Hall–Kier alpha value is -0.545. The molecule has 1 saturated heterocycles. The SMILES string of the molecule is CCOC(=O)[B]N1CCNCC1C. The third-order valence-corrected chi connectivity index (χ3v) is 2.11. The molecular formula is C8H16BN2O2. The zero-order valence-electron chi connectivity index (χ0n) is 8.25. The van der Waals surface area contributed by atoms with Crippen LogP contribution in [0.1, 0.15) is 13.8 Å². The van der Waals surface area contributed by atoms with Gasteiger partial charge in [-0.25, -0.2) is 0 Å². The second-order valence-corrected chi connectivity index (χ2v) is 3.17. The van der Waals surface area contributed by atoms with Gasteiger partial charge in [0.1, 0.15) is 0 Å². The summed E-state index contributed by atoms with van der Waals surface area (Å²) < 4.78 is 4.84. The summed E-state index contributed by atoms with van der Waals surface area (Å²) in [6.07, 6.45) is 0. The van der Waals surface area contributed by atoms with Crippen LogP contribution in [0.15, 0.2) is 0 Å². The Morgan fingerprint density at radius 2 is 2.54 bits per heavy atom. The summed E-state index contributed by atoms with van der Waals surface area (Å²) in [6, 6.07) is 0.373. The summed E-state index contributed by atoms with van der Waals surface area (Å²) >= 11 is 0. The van der Waals surface area contributed by atoms with Crippen LogP contribution in [0.5, 0.6) is 0 Å². The molecule has 0 aliphatic carbocycles. The standard InChI is InChI=1S/C8H16BN2O2/c1-3-13-8(12)9-11-5-4-10-6-7(11)2/h7,10H,3-6H2,1-2H3. The van der Waals surface area contributed by atoms with Crippen LogP contribution >= 0.6 is 0 Å². The van der Waals surface area contributed by atoms with E-state index in [1.165, 1.54) is 0 Å². The van der Waals surface area contributed by atoms with Gasteiger partial charge in [-0.1, -0.05) is 0 Å². The number of hydrogen-bond donors (Lipinski definition) is 1. The predicted molar refractivity (Wildman–Crippen MR) is 51.8 cm³/mol. The molecular weight excluding hydrogens is 167 g/mol. The third-order valence-electron chi connectivity index (χ3n) is 2.11. The Morgan fingerprint density at radius 3 is 3.15 bits per heavy atom. The molecule has 0 aromatic heterocycles. The molecule has 1 fully saturated rings. The van der Waals surface area contributed by atoms with Crippen LogP contribution in [0.4, 0.5) is 4.79 Å². The molecule has 0 aromatic rings. The lowest BCUT2D eigenvalue weighted by atomic mass is 9.88. The summed E-state index contributed by atoms with van der Waals surface area (Å²) in [4.78, 5) is 13.1. The molecule has 0 saturated carbocycles. The van der Waals surface area contributed by atoms with Crippen molar-refractivity contribution in [2.75, 3.05) is 26.2 Å². The van der Waals surface area contributed by atoms with Crippen LogP contribution in [0.25, 0.3) is 0 Å². The molecule has 1 N–H and O–H groups in total. The highest BCUT2D eigenvalue weighted by Crippen LogP contribution is 2.00. The maximum atomic E-state index is 11.1. The zero-order chi connectivity index (χ0) is 9.68. The number of piperazine rings is 1. The molecule has 5 heteroatoms. The summed E-state index contributed by atoms with van der Waals surface area (Å²) in [5.41, 5.74) is 0. The van der Waals surface area contributed by atoms with E-state index in [0.29, 0.717) is 12.6 Å². The second-order valence-electron chi connectivity index (χ2n) is 3.17. The van der Waals surface area contributed by atoms with E-state index in [1.807, 2.05) is 11.7 Å². The highest BCUT2D eigenvalue weighted by molar-refractivity contribution is 6.69. The first-order valence-corrected chi connectivity index (χ1v) is 4.72. The van der Waals surface area contributed by atoms with Crippen molar-refractivity contribution in [3.8, 4) is 0 Å². The lowest BCUT2D eigenvalue weighted by Gasteiger charge is -2.32. The molecule has 0 amide bonds. The molecule has 1 atom stereocenters. The van der Waals surface area contributed by atoms with Crippen molar-refractivity contribution in [3.05, 3.63) is 0 Å². The zero-order valence-corrected chi connectivity index (χ0v) is 8.25. The van der Waals surface area contributed by atoms with E-state index in [-0.39, 0.29) is 5.87 Å². The van der Waals surface area contributed by atoms with Crippen LogP contribution in [0.2, 0.25) is 0 Å². The van der Waals surface area contributed by atoms with Crippen LogP contribution in [-0.2, 0) is 4.74 Å². The normalized spacial score (nSPS) is 24.0. The third kappa shape index (κ3) is 3.36. The second kappa shape index (κ2) is 5.24. The number of rotatable bonds is 3. The molecule has 1 aliphatic rings. The molecule has 13 heavy (non-hydrogen) atoms. The van der Waals surface area contributed by atoms with E-state index >= 15 is 0 Å². The molecule has 1 unspecified atom stereocenters. The first-order valence-electron chi connectivity index (χ1n) is 4.72. The average Bonchev–Trinajstić information content (AvgIpc) is 2.09. The first kappa shape index (κ1) is 10.5. The Bertz CT molecular complexity index is 178. The quantitative estimate of drug-likeness (QED) is 0.628. The number of hydrogen-bond acceptors (Lipinski definition) is 4. The van der Waals surface area contributed by atoms with Crippen LogP contribution in [0, 0.1) is 0 Å². The monoisotopic (exact) mass is 183 g/mol. The summed E-state index contributed by atoms with van der Waals surface area (Å²) in [6.45, 7) is 7.07. The number of nitrogens with zero attached hydrogens (tertiary/aromatic N) is 1. The van der Waals surface area contributed by atoms with Crippen molar-refractivity contribution in [2.24, 2.45) is 0 Å². The Morgan fingerprint density at radius 1 is 1.77 bits per heavy atom. The molecule has 1 radical (unpaired) electrons. The minimum absolute atomic E-state index is 0.240. The lowest BCUT2D eigenvalue weighted by molar-refractivity contribution is 0.174. The Labute approximate surface area is 79.9 Å². The van der Waals surface area contributed by atoms with E-state index in [0.717, 1.165) is 19.6 Å². The minimum Gasteiger partial charge on any atom is -0.473 e. The number of carbonyl (C=O) groups excluding carboxylic acids is 1. The van der Waals surface area contributed by atoms with E-state index in [9.17, 15) is 4.79 Å². The molecule has 0 spiro atoms. The molecule has 0 aromatic carbocycles. The van der Waals surface area contributed by atoms with Crippen molar-refractivity contribution >= 4 is 13.3 Å². The van der Waals surface area contributed by atoms with Gasteiger partial charge in [-0.05, 0) is 13.8 Å². The predicted octanol–water partition coefficient (Wildman–Crippen LogP) is 0.0558. The highest BCUT2D eigenvalue weighted by atomic mass is 16.5. The lowest BCUT2D eigenvalue weighted by Crippen LogP contribution is -2.52.